The highest BCUT2D eigenvalue weighted by Gasteiger charge is 2.58. The zero-order valence-corrected chi connectivity index (χ0v) is 28.8. The van der Waals surface area contributed by atoms with Crippen LogP contribution in [0.4, 0.5) is 10.2 Å². The van der Waals surface area contributed by atoms with Gasteiger partial charge in [-0.3, -0.25) is 13.9 Å². The van der Waals surface area contributed by atoms with Gasteiger partial charge in [0.1, 0.15) is 29.8 Å². The van der Waals surface area contributed by atoms with Crippen molar-refractivity contribution in [3.05, 3.63) is 54.6 Å². The van der Waals surface area contributed by atoms with Crippen LogP contribution in [-0.2, 0) is 23.4 Å². The van der Waals surface area contributed by atoms with E-state index in [1.54, 1.807) is 31.2 Å². The SMILES string of the molecule is C#C[C@@]1(F)[C@H](O)[C@@H](CO[P@](=O)(N[C@H](C)C(=O)OCC(C)(C)C)Oc2cccc3ccccc23)O[C@H]1n1cnc2c(NC3CC3)nc(C)nc21. The molecule has 1 saturated heterocycles. The number of anilines is 1. The smallest absolute Gasteiger partial charge is 0.459 e. The number of hydrogen-bond donors (Lipinski definition) is 3. The Bertz CT molecular complexity index is 1950. The number of fused-ring (bicyclic) bond motifs is 2. The molecule has 0 amide bonds. The number of aromatic nitrogens is 4. The normalized spacial score (nSPS) is 24.3. The number of nitrogens with one attached hydrogen (secondary N) is 2. The number of terminal acetylenes is 1. The molecule has 49 heavy (non-hydrogen) atoms. The maximum atomic E-state index is 16.5. The summed E-state index contributed by atoms with van der Waals surface area (Å²) >= 11 is 0. The second kappa shape index (κ2) is 13.3. The number of aryl methyl sites for hydroxylation is 1. The van der Waals surface area contributed by atoms with Crippen molar-refractivity contribution >= 4 is 41.5 Å². The maximum Gasteiger partial charge on any atom is 0.459 e. The Hall–Kier alpha value is -4.12. The molecular formula is C34H40FN6O7P. The summed E-state index contributed by atoms with van der Waals surface area (Å²) in [4.78, 5) is 26.2. The molecule has 2 aliphatic rings. The van der Waals surface area contributed by atoms with E-state index in [0.717, 1.165) is 18.2 Å². The first-order valence-electron chi connectivity index (χ1n) is 16.0. The summed E-state index contributed by atoms with van der Waals surface area (Å²) in [7, 11) is -4.45. The zero-order valence-electron chi connectivity index (χ0n) is 27.9. The summed E-state index contributed by atoms with van der Waals surface area (Å²) in [5.74, 6) is 2.47. The number of imidazole rings is 1. The van der Waals surface area contributed by atoms with E-state index >= 15 is 4.39 Å². The molecule has 0 bridgehead atoms. The highest BCUT2D eigenvalue weighted by atomic mass is 31.2. The van der Waals surface area contributed by atoms with Crippen LogP contribution in [0.3, 0.4) is 0 Å². The van der Waals surface area contributed by atoms with E-state index in [9.17, 15) is 14.5 Å². The number of carbonyl (C=O) groups is 1. The predicted molar refractivity (Wildman–Crippen MR) is 180 cm³/mol. The molecule has 2 aromatic carbocycles. The lowest BCUT2D eigenvalue weighted by molar-refractivity contribution is -0.148. The molecule has 0 radical (unpaired) electrons. The van der Waals surface area contributed by atoms with Gasteiger partial charge in [-0.25, -0.2) is 23.9 Å². The van der Waals surface area contributed by atoms with E-state index in [2.05, 4.69) is 25.4 Å². The van der Waals surface area contributed by atoms with Gasteiger partial charge in [0.25, 0.3) is 0 Å². The van der Waals surface area contributed by atoms with Crippen molar-refractivity contribution in [2.45, 2.75) is 83.6 Å². The van der Waals surface area contributed by atoms with Crippen LogP contribution < -0.4 is 14.9 Å². The summed E-state index contributed by atoms with van der Waals surface area (Å²) in [6.07, 6.45) is 4.05. The number of alkyl halides is 1. The van der Waals surface area contributed by atoms with Gasteiger partial charge < -0.3 is 24.4 Å². The first-order chi connectivity index (χ1) is 23.2. The standard InChI is InChI=1S/C34H40FN6O7P/c1-7-34(35)28(42)26(47-32(34)41-19-36-27-29(39-23-15-16-23)37-21(3)38-30(27)41)17-46-49(44,40-20(2)31(43)45-18-33(4,5)6)48-25-14-10-12-22-11-8-9-13-24(22)25/h1,8-14,19-20,23,26,28,32,42H,15-18H2,2-6H3,(H,40,44)(H,37,38,39)/t20-,26-,28-,32-,34-,49-/m1/s1. The third kappa shape index (κ3) is 7.41. The third-order valence-corrected chi connectivity index (χ3v) is 9.73. The van der Waals surface area contributed by atoms with E-state index in [0.29, 0.717) is 22.5 Å². The molecule has 6 atom stereocenters. The van der Waals surface area contributed by atoms with Crippen LogP contribution >= 0.6 is 7.75 Å². The lowest BCUT2D eigenvalue weighted by Gasteiger charge is -2.26. The summed E-state index contributed by atoms with van der Waals surface area (Å²) in [5, 5.41) is 18.6. The second-order valence-electron chi connectivity index (χ2n) is 13.6. The highest BCUT2D eigenvalue weighted by molar-refractivity contribution is 7.52. The van der Waals surface area contributed by atoms with Crippen molar-refractivity contribution in [3.63, 3.8) is 0 Å². The van der Waals surface area contributed by atoms with E-state index in [-0.39, 0.29) is 29.5 Å². The van der Waals surface area contributed by atoms with Gasteiger partial charge in [-0.2, -0.15) is 5.09 Å². The Kier molecular flexibility index (Phi) is 9.43. The van der Waals surface area contributed by atoms with Gasteiger partial charge in [-0.05, 0) is 43.6 Å². The van der Waals surface area contributed by atoms with Crippen LogP contribution in [0.25, 0.3) is 21.9 Å². The van der Waals surface area contributed by atoms with Crippen molar-refractivity contribution < 1.29 is 37.4 Å². The number of nitrogens with zero attached hydrogens (tertiary/aromatic N) is 4. The molecule has 2 fully saturated rings. The Morgan fingerprint density at radius 3 is 2.69 bits per heavy atom. The maximum absolute atomic E-state index is 16.5. The Morgan fingerprint density at radius 1 is 1.24 bits per heavy atom. The summed E-state index contributed by atoms with van der Waals surface area (Å²) in [6, 6.07) is 11.6. The first kappa shape index (κ1) is 34.7. The molecule has 3 N–H and O–H groups in total. The van der Waals surface area contributed by atoms with Crippen molar-refractivity contribution in [2.24, 2.45) is 5.41 Å². The number of esters is 1. The predicted octanol–water partition coefficient (Wildman–Crippen LogP) is 5.23. The van der Waals surface area contributed by atoms with Crippen molar-refractivity contribution in [1.82, 2.24) is 24.6 Å². The molecule has 13 nitrogen and oxygen atoms in total. The monoisotopic (exact) mass is 694 g/mol. The molecule has 2 aromatic heterocycles. The van der Waals surface area contributed by atoms with E-state index in [1.165, 1.54) is 17.8 Å². The number of hydrogen-bond acceptors (Lipinski definition) is 11. The van der Waals surface area contributed by atoms with Gasteiger partial charge in [-0.1, -0.05) is 63.1 Å². The number of halogens is 1. The van der Waals surface area contributed by atoms with Crippen molar-refractivity contribution in [2.75, 3.05) is 18.5 Å². The van der Waals surface area contributed by atoms with Gasteiger partial charge in [0.05, 0.1) is 19.5 Å². The average molecular weight is 695 g/mol. The van der Waals surface area contributed by atoms with Crippen LogP contribution in [0.5, 0.6) is 5.75 Å². The first-order valence-corrected chi connectivity index (χ1v) is 17.6. The fourth-order valence-electron chi connectivity index (χ4n) is 5.40. The van der Waals surface area contributed by atoms with Crippen LogP contribution in [-0.4, -0.2) is 73.8 Å². The molecule has 1 aliphatic heterocycles. The van der Waals surface area contributed by atoms with Crippen molar-refractivity contribution in [3.8, 4) is 18.1 Å². The van der Waals surface area contributed by atoms with Gasteiger partial charge >= 0.3 is 13.7 Å². The summed E-state index contributed by atoms with van der Waals surface area (Å²) < 4.78 is 55.5. The molecule has 1 aliphatic carbocycles. The topological polar surface area (TPSA) is 159 Å². The number of carbonyl (C=O) groups excluding carboxylic acids is 1. The van der Waals surface area contributed by atoms with Crippen LogP contribution in [0, 0.1) is 24.7 Å². The van der Waals surface area contributed by atoms with Gasteiger partial charge in [0.15, 0.2) is 23.2 Å². The van der Waals surface area contributed by atoms with Crippen LogP contribution in [0.15, 0.2) is 48.8 Å². The minimum absolute atomic E-state index is 0.118. The summed E-state index contributed by atoms with van der Waals surface area (Å²) in [6.45, 7) is 8.34. The Morgan fingerprint density at radius 2 is 1.98 bits per heavy atom. The van der Waals surface area contributed by atoms with Gasteiger partial charge in [-0.15, -0.1) is 6.42 Å². The van der Waals surface area contributed by atoms with Crippen LogP contribution in [0.2, 0.25) is 0 Å². The van der Waals surface area contributed by atoms with E-state index in [4.69, 9.17) is 24.9 Å². The van der Waals surface area contributed by atoms with E-state index < -0.39 is 50.5 Å². The lowest BCUT2D eigenvalue weighted by Crippen LogP contribution is -2.42. The average Bonchev–Trinajstić information content (AvgIpc) is 3.72. The number of aliphatic hydroxyl groups excluding tert-OH is 1. The van der Waals surface area contributed by atoms with Crippen molar-refractivity contribution in [1.29, 1.82) is 0 Å². The van der Waals surface area contributed by atoms with E-state index in [1.807, 2.05) is 44.9 Å². The summed E-state index contributed by atoms with van der Waals surface area (Å²) in [5.41, 5.74) is -2.43. The molecule has 15 heteroatoms. The Labute approximate surface area is 283 Å². The minimum atomic E-state index is -4.45. The quantitative estimate of drug-likeness (QED) is 0.101. The largest absolute Gasteiger partial charge is 0.464 e. The molecule has 6 rings (SSSR count). The highest BCUT2D eigenvalue weighted by Crippen LogP contribution is 2.49. The number of ether oxygens (including phenoxy) is 2. The zero-order chi connectivity index (χ0) is 35.1. The molecule has 1 saturated carbocycles. The molecule has 260 valence electrons. The Balaban J connectivity index is 1.26. The van der Waals surface area contributed by atoms with Gasteiger partial charge in [0, 0.05) is 11.4 Å². The molecule has 3 heterocycles. The molecular weight excluding hydrogens is 654 g/mol. The molecule has 4 aromatic rings. The number of benzene rings is 2. The lowest BCUT2D eigenvalue weighted by atomic mass is 9.97. The van der Waals surface area contributed by atoms with Crippen LogP contribution in [0.1, 0.15) is 52.6 Å². The molecule has 0 spiro atoms. The second-order valence-corrected chi connectivity index (χ2v) is 15.3. The fraction of sp³-hybridized carbons (Fsp3) is 0.471. The number of aliphatic hydroxyl groups is 1. The molecule has 0 unspecified atom stereocenters. The fourth-order valence-corrected chi connectivity index (χ4v) is 6.92. The minimum Gasteiger partial charge on any atom is -0.464 e. The van der Waals surface area contributed by atoms with Gasteiger partial charge in [0.2, 0.25) is 5.67 Å². The number of rotatable bonds is 12. The third-order valence-electron chi connectivity index (χ3n) is 8.10.